The Bertz CT molecular complexity index is 1480. The normalized spacial score (nSPS) is 23.5. The average Bonchev–Trinajstić information content (AvgIpc) is 3.62. The van der Waals surface area contributed by atoms with Crippen molar-refractivity contribution in [2.75, 3.05) is 4.90 Å². The highest BCUT2D eigenvalue weighted by Gasteiger charge is 2.40. The number of amides is 1. The summed E-state index contributed by atoms with van der Waals surface area (Å²) in [7, 11) is 0. The van der Waals surface area contributed by atoms with Crippen molar-refractivity contribution < 1.29 is 14.3 Å². The highest BCUT2D eigenvalue weighted by atomic mass is 19.1. The van der Waals surface area contributed by atoms with Crippen LogP contribution in [0.25, 0.3) is 22.2 Å². The lowest BCUT2D eigenvalue weighted by molar-refractivity contribution is 0.0931. The molecule has 6 nitrogen and oxygen atoms in total. The number of anilines is 1. The van der Waals surface area contributed by atoms with Crippen LogP contribution >= 0.6 is 0 Å². The van der Waals surface area contributed by atoms with Gasteiger partial charge in [0.2, 0.25) is 0 Å². The third-order valence-corrected chi connectivity index (χ3v) is 8.59. The van der Waals surface area contributed by atoms with Crippen LogP contribution in [-0.4, -0.2) is 39.4 Å². The molecule has 1 aromatic heterocycles. The second-order valence-corrected chi connectivity index (χ2v) is 11.1. The Labute approximate surface area is 220 Å². The van der Waals surface area contributed by atoms with Crippen molar-refractivity contribution in [1.29, 1.82) is 0 Å². The molecule has 3 N–H and O–H groups in total. The summed E-state index contributed by atoms with van der Waals surface area (Å²) in [5.74, 6) is -0.229. The Kier molecular flexibility index (Phi) is 5.69. The Hall–Kier alpha value is -3.71. The number of benzene rings is 3. The molecule has 3 aliphatic rings. The van der Waals surface area contributed by atoms with Gasteiger partial charge < -0.3 is 15.3 Å². The zero-order chi connectivity index (χ0) is 25.8. The van der Waals surface area contributed by atoms with Crippen molar-refractivity contribution in [2.45, 2.75) is 62.8 Å². The van der Waals surface area contributed by atoms with Gasteiger partial charge in [0.05, 0.1) is 23.4 Å². The summed E-state index contributed by atoms with van der Waals surface area (Å²) in [6.07, 6.45) is 5.74. The van der Waals surface area contributed by atoms with Crippen LogP contribution in [0.4, 0.5) is 10.1 Å². The van der Waals surface area contributed by atoms with E-state index in [1.165, 1.54) is 11.8 Å². The average molecular weight is 511 g/mol. The van der Waals surface area contributed by atoms with Crippen LogP contribution < -0.4 is 10.2 Å². The molecule has 4 atom stereocenters. The van der Waals surface area contributed by atoms with E-state index in [9.17, 15) is 14.3 Å². The molecule has 4 aromatic rings. The molecule has 2 bridgehead atoms. The van der Waals surface area contributed by atoms with Gasteiger partial charge >= 0.3 is 0 Å². The van der Waals surface area contributed by atoms with Crippen LogP contribution in [0, 0.1) is 11.7 Å². The van der Waals surface area contributed by atoms with Crippen molar-refractivity contribution in [2.24, 2.45) is 5.92 Å². The molecule has 1 saturated carbocycles. The molecule has 2 saturated heterocycles. The Morgan fingerprint density at radius 1 is 1.00 bits per heavy atom. The number of nitrogens with zero attached hydrogens (tertiary/aromatic N) is 2. The lowest BCUT2D eigenvalue weighted by Gasteiger charge is -2.39. The number of H-pyrrole nitrogens is 1. The fourth-order valence-corrected chi connectivity index (χ4v) is 6.57. The Balaban J connectivity index is 1.14. The van der Waals surface area contributed by atoms with E-state index in [2.05, 4.69) is 44.7 Å². The van der Waals surface area contributed by atoms with E-state index in [0.29, 0.717) is 23.2 Å². The first-order chi connectivity index (χ1) is 18.5. The smallest absolute Gasteiger partial charge is 0.251 e. The minimum absolute atomic E-state index is 0.184. The van der Waals surface area contributed by atoms with Gasteiger partial charge in [-0.1, -0.05) is 30.3 Å². The second kappa shape index (κ2) is 9.24. The molecule has 3 heterocycles. The van der Waals surface area contributed by atoms with Gasteiger partial charge in [0.15, 0.2) is 0 Å². The van der Waals surface area contributed by atoms with E-state index >= 15 is 0 Å². The van der Waals surface area contributed by atoms with Crippen LogP contribution in [0.15, 0.2) is 66.7 Å². The van der Waals surface area contributed by atoms with Crippen LogP contribution in [0.1, 0.15) is 60.5 Å². The molecule has 38 heavy (non-hydrogen) atoms. The molecule has 3 aromatic carbocycles. The van der Waals surface area contributed by atoms with Crippen molar-refractivity contribution >= 4 is 22.5 Å². The molecule has 7 heteroatoms. The molecule has 0 unspecified atom stereocenters. The summed E-state index contributed by atoms with van der Waals surface area (Å²) in [5.41, 5.74) is 4.89. The number of halogens is 1. The summed E-state index contributed by atoms with van der Waals surface area (Å²) in [5, 5.41) is 21.8. The van der Waals surface area contributed by atoms with Crippen LogP contribution in [0.2, 0.25) is 0 Å². The van der Waals surface area contributed by atoms with Crippen LogP contribution in [-0.2, 0) is 0 Å². The zero-order valence-electron chi connectivity index (χ0n) is 21.1. The fourth-order valence-electron chi connectivity index (χ4n) is 6.57. The van der Waals surface area contributed by atoms with E-state index in [1.54, 1.807) is 18.2 Å². The number of aliphatic hydroxyl groups excluding tert-OH is 1. The van der Waals surface area contributed by atoms with Crippen LogP contribution in [0.3, 0.4) is 0 Å². The quantitative estimate of drug-likeness (QED) is 0.309. The summed E-state index contributed by atoms with van der Waals surface area (Å²) < 4.78 is 14.5. The zero-order valence-corrected chi connectivity index (χ0v) is 21.1. The van der Waals surface area contributed by atoms with Crippen molar-refractivity contribution in [3.05, 3.63) is 83.7 Å². The van der Waals surface area contributed by atoms with Gasteiger partial charge in [-0.2, -0.15) is 5.10 Å². The number of hydrogen-bond donors (Lipinski definition) is 3. The third-order valence-electron chi connectivity index (χ3n) is 8.59. The number of hydrogen-bond acceptors (Lipinski definition) is 4. The summed E-state index contributed by atoms with van der Waals surface area (Å²) >= 11 is 0. The van der Waals surface area contributed by atoms with Crippen molar-refractivity contribution in [3.63, 3.8) is 0 Å². The van der Waals surface area contributed by atoms with Crippen molar-refractivity contribution in [3.8, 4) is 11.3 Å². The highest BCUT2D eigenvalue weighted by molar-refractivity contribution is 6.01. The van der Waals surface area contributed by atoms with Gasteiger partial charge in [-0.05, 0) is 80.8 Å². The highest BCUT2D eigenvalue weighted by Crippen LogP contribution is 2.42. The lowest BCUT2D eigenvalue weighted by atomic mass is 9.98. The van der Waals surface area contributed by atoms with E-state index in [0.717, 1.165) is 60.7 Å². The number of aromatic nitrogens is 2. The third kappa shape index (κ3) is 4.15. The lowest BCUT2D eigenvalue weighted by Crippen LogP contribution is -2.44. The first kappa shape index (κ1) is 23.4. The van der Waals surface area contributed by atoms with E-state index in [1.807, 2.05) is 18.2 Å². The maximum atomic E-state index is 14.5. The van der Waals surface area contributed by atoms with Crippen molar-refractivity contribution in [1.82, 2.24) is 15.5 Å². The van der Waals surface area contributed by atoms with Gasteiger partial charge in [0.1, 0.15) is 5.82 Å². The molecule has 3 fully saturated rings. The monoisotopic (exact) mass is 510 g/mol. The molecule has 2 aliphatic heterocycles. The minimum Gasteiger partial charge on any atom is -0.393 e. The summed E-state index contributed by atoms with van der Waals surface area (Å²) in [6, 6.07) is 21.2. The molecule has 1 aliphatic carbocycles. The van der Waals surface area contributed by atoms with Gasteiger partial charge in [0.25, 0.3) is 5.91 Å². The number of rotatable bonds is 6. The predicted molar refractivity (Wildman–Crippen MR) is 145 cm³/mol. The fraction of sp³-hybridized carbons (Fsp3) is 0.355. The summed E-state index contributed by atoms with van der Waals surface area (Å²) in [6.45, 7) is 0. The predicted octanol–water partition coefficient (Wildman–Crippen LogP) is 5.74. The molecule has 1 amide bonds. The Morgan fingerprint density at radius 3 is 2.45 bits per heavy atom. The molecule has 0 radical (unpaired) electrons. The van der Waals surface area contributed by atoms with Crippen LogP contribution in [0.5, 0.6) is 0 Å². The Morgan fingerprint density at radius 2 is 1.74 bits per heavy atom. The maximum absolute atomic E-state index is 14.5. The molecular formula is C31H31FN4O2. The topological polar surface area (TPSA) is 81.2 Å². The minimum atomic E-state index is -0.332. The SMILES string of the molecule is O=C(N[C@@H](c1ccccc1F)C1CC1)c1ccc2[nH]nc(-c3ccc(N4[C@@H]5CC[C@H]4C[C@H](O)C5)cc3)c2c1. The number of fused-ring (bicyclic) bond motifs is 3. The van der Waals surface area contributed by atoms with Gasteiger partial charge in [-0.25, -0.2) is 4.39 Å². The van der Waals surface area contributed by atoms with E-state index in [-0.39, 0.29) is 29.8 Å². The first-order valence-electron chi connectivity index (χ1n) is 13.7. The number of carbonyl (C=O) groups is 1. The van der Waals surface area contributed by atoms with Gasteiger partial charge in [-0.3, -0.25) is 9.89 Å². The van der Waals surface area contributed by atoms with Gasteiger partial charge in [0, 0.05) is 39.8 Å². The number of aromatic amines is 1. The maximum Gasteiger partial charge on any atom is 0.251 e. The molecule has 0 spiro atoms. The number of nitrogens with one attached hydrogen (secondary N) is 2. The molecule has 7 rings (SSSR count). The van der Waals surface area contributed by atoms with E-state index < -0.39 is 0 Å². The molecule has 194 valence electrons. The molecular weight excluding hydrogens is 479 g/mol. The van der Waals surface area contributed by atoms with E-state index in [4.69, 9.17) is 0 Å². The standard InChI is InChI=1S/C31H31FN4O2/c32-27-4-2-1-3-25(27)29(18-5-6-18)33-31(38)20-9-14-28-26(15-20)30(35-34-28)19-7-10-21(11-8-19)36-22-12-13-23(36)17-24(37)16-22/h1-4,7-11,14-15,18,22-24,29,37H,5-6,12-13,16-17H2,(H,33,38)(H,34,35)/t22-,23+,24-,29-/m1/s1. The van der Waals surface area contributed by atoms with Gasteiger partial charge in [-0.15, -0.1) is 0 Å². The second-order valence-electron chi connectivity index (χ2n) is 11.1. The number of carbonyl (C=O) groups excluding carboxylic acids is 1. The number of piperidine rings is 1. The first-order valence-corrected chi connectivity index (χ1v) is 13.7. The number of aliphatic hydroxyl groups is 1. The largest absolute Gasteiger partial charge is 0.393 e. The summed E-state index contributed by atoms with van der Waals surface area (Å²) in [4.78, 5) is 15.8.